The van der Waals surface area contributed by atoms with Gasteiger partial charge in [0.2, 0.25) is 23.6 Å². The van der Waals surface area contributed by atoms with E-state index in [1.807, 2.05) is 6.92 Å². The molecular weight excluding hydrogens is 466 g/mol. The lowest BCUT2D eigenvalue weighted by Crippen LogP contribution is -2.59. The van der Waals surface area contributed by atoms with Crippen LogP contribution >= 0.6 is 12.6 Å². The molecule has 1 rings (SSSR count). The summed E-state index contributed by atoms with van der Waals surface area (Å²) in [5, 5.41) is 16.9. The minimum Gasteiger partial charge on any atom is -0.480 e. The first-order valence-electron chi connectivity index (χ1n) is 10.8. The van der Waals surface area contributed by atoms with Crippen LogP contribution in [0, 0.1) is 5.92 Å². The van der Waals surface area contributed by atoms with Crippen molar-refractivity contribution in [3.8, 4) is 0 Å². The van der Waals surface area contributed by atoms with Crippen LogP contribution in [0.25, 0.3) is 0 Å². The highest BCUT2D eigenvalue weighted by Gasteiger charge is 2.32. The third-order valence-corrected chi connectivity index (χ3v) is 5.63. The van der Waals surface area contributed by atoms with E-state index in [-0.39, 0.29) is 30.9 Å². The number of primary amides is 1. The van der Waals surface area contributed by atoms with Crippen LogP contribution < -0.4 is 27.4 Å². The molecule has 0 aliphatic rings. The van der Waals surface area contributed by atoms with Crippen molar-refractivity contribution in [2.45, 2.75) is 63.7 Å². The van der Waals surface area contributed by atoms with Gasteiger partial charge in [0.15, 0.2) is 0 Å². The molecule has 190 valence electrons. The van der Waals surface area contributed by atoms with Crippen LogP contribution in [0.2, 0.25) is 0 Å². The van der Waals surface area contributed by atoms with Crippen molar-refractivity contribution in [1.82, 2.24) is 25.9 Å². The Kier molecular flexibility index (Phi) is 12.1. The van der Waals surface area contributed by atoms with E-state index in [0.29, 0.717) is 12.1 Å². The summed E-state index contributed by atoms with van der Waals surface area (Å²) in [5.74, 6) is -4.29. The second kappa shape index (κ2) is 14.2. The van der Waals surface area contributed by atoms with Gasteiger partial charge in [-0.2, -0.15) is 12.6 Å². The highest BCUT2D eigenvalue weighted by molar-refractivity contribution is 7.80. The standard InChI is InChI=1S/C20H33N7O6S/c1-3-10(2)16(27-17(29)12(21)8-34)19(31)26-14(6-11-7-23-9-24-11)18(30)25-13(20(32)33)4-5-15(22)28/h7,9-10,12-14,16,34H,3-6,8,21H2,1-2H3,(H2,22,28)(H,23,24)(H,25,30)(H,26,31)(H,27,29)(H,32,33). The number of imidazole rings is 1. The van der Waals surface area contributed by atoms with Crippen molar-refractivity contribution < 1.29 is 29.1 Å². The van der Waals surface area contributed by atoms with Crippen molar-refractivity contribution in [3.05, 3.63) is 18.2 Å². The molecule has 4 amide bonds. The van der Waals surface area contributed by atoms with Gasteiger partial charge in [-0.25, -0.2) is 9.78 Å². The van der Waals surface area contributed by atoms with Gasteiger partial charge in [-0.1, -0.05) is 20.3 Å². The summed E-state index contributed by atoms with van der Waals surface area (Å²) in [6.45, 7) is 3.59. The number of carboxylic acids is 1. The Hall–Kier alpha value is -3.13. The number of hydrogen-bond donors (Lipinski definition) is 8. The number of carbonyl (C=O) groups is 5. The minimum atomic E-state index is -1.39. The first-order valence-corrected chi connectivity index (χ1v) is 11.4. The molecule has 9 N–H and O–H groups in total. The van der Waals surface area contributed by atoms with Gasteiger partial charge >= 0.3 is 5.97 Å². The lowest BCUT2D eigenvalue weighted by atomic mass is 9.97. The maximum atomic E-state index is 13.1. The average Bonchev–Trinajstić information content (AvgIpc) is 3.30. The zero-order chi connectivity index (χ0) is 25.8. The Bertz CT molecular complexity index is 850. The van der Waals surface area contributed by atoms with Gasteiger partial charge in [0.1, 0.15) is 18.1 Å². The number of thiol groups is 1. The molecule has 0 bridgehead atoms. The topological polar surface area (TPSA) is 222 Å². The highest BCUT2D eigenvalue weighted by Crippen LogP contribution is 2.10. The second-order valence-electron chi connectivity index (χ2n) is 7.91. The van der Waals surface area contributed by atoms with E-state index in [2.05, 4.69) is 38.5 Å². The van der Waals surface area contributed by atoms with Gasteiger partial charge in [0, 0.05) is 30.5 Å². The molecule has 1 aromatic rings. The number of aliphatic carboxylic acids is 1. The Labute approximate surface area is 202 Å². The number of hydrogen-bond acceptors (Lipinski definition) is 8. The van der Waals surface area contributed by atoms with Crippen LogP contribution in [0.4, 0.5) is 0 Å². The summed E-state index contributed by atoms with van der Waals surface area (Å²) in [6.07, 6.45) is 2.89. The molecule has 0 spiro atoms. The van der Waals surface area contributed by atoms with E-state index < -0.39 is 53.8 Å². The van der Waals surface area contributed by atoms with E-state index in [1.54, 1.807) is 6.92 Å². The zero-order valence-electron chi connectivity index (χ0n) is 19.1. The number of nitrogens with zero attached hydrogens (tertiary/aromatic N) is 1. The predicted molar refractivity (Wildman–Crippen MR) is 125 cm³/mol. The number of carboxylic acid groups (broad SMARTS) is 1. The van der Waals surface area contributed by atoms with Crippen LogP contribution in [-0.2, 0) is 30.4 Å². The predicted octanol–water partition coefficient (Wildman–Crippen LogP) is -1.94. The molecular formula is C20H33N7O6S. The van der Waals surface area contributed by atoms with Gasteiger partial charge in [0.25, 0.3) is 0 Å². The van der Waals surface area contributed by atoms with Crippen LogP contribution in [0.5, 0.6) is 0 Å². The molecule has 0 saturated heterocycles. The van der Waals surface area contributed by atoms with Crippen LogP contribution in [0.1, 0.15) is 38.8 Å². The van der Waals surface area contributed by atoms with E-state index in [9.17, 15) is 29.1 Å². The van der Waals surface area contributed by atoms with Gasteiger partial charge in [0.05, 0.1) is 12.4 Å². The number of nitrogens with two attached hydrogens (primary N) is 2. The molecule has 0 saturated carbocycles. The highest BCUT2D eigenvalue weighted by atomic mass is 32.1. The number of amides is 4. The van der Waals surface area contributed by atoms with Crippen LogP contribution in [-0.4, -0.2) is 74.6 Å². The molecule has 14 heteroatoms. The second-order valence-corrected chi connectivity index (χ2v) is 8.27. The van der Waals surface area contributed by atoms with Gasteiger partial charge < -0.3 is 37.5 Å². The first-order chi connectivity index (χ1) is 16.0. The fourth-order valence-electron chi connectivity index (χ4n) is 2.95. The van der Waals surface area contributed by atoms with Crippen molar-refractivity contribution in [2.24, 2.45) is 17.4 Å². The summed E-state index contributed by atoms with van der Waals surface area (Å²) in [5.41, 5.74) is 11.3. The number of rotatable bonds is 15. The van der Waals surface area contributed by atoms with E-state index in [4.69, 9.17) is 11.5 Å². The molecule has 5 atom stereocenters. The quantitative estimate of drug-likeness (QED) is 0.126. The Balaban J connectivity index is 3.08. The molecule has 0 aliphatic heterocycles. The zero-order valence-corrected chi connectivity index (χ0v) is 20.0. The summed E-state index contributed by atoms with van der Waals surface area (Å²) >= 11 is 3.99. The number of aromatic amines is 1. The number of H-pyrrole nitrogens is 1. The van der Waals surface area contributed by atoms with E-state index >= 15 is 0 Å². The third kappa shape index (κ3) is 9.39. The number of aromatic nitrogens is 2. The van der Waals surface area contributed by atoms with Crippen molar-refractivity contribution in [2.75, 3.05) is 5.75 Å². The summed E-state index contributed by atoms with van der Waals surface area (Å²) in [4.78, 5) is 67.6. The fraction of sp³-hybridized carbons (Fsp3) is 0.600. The minimum absolute atomic E-state index is 0.0307. The molecule has 0 aromatic carbocycles. The van der Waals surface area contributed by atoms with E-state index in [0.717, 1.165) is 0 Å². The lowest BCUT2D eigenvalue weighted by Gasteiger charge is -2.27. The molecule has 1 heterocycles. The third-order valence-electron chi connectivity index (χ3n) is 5.23. The average molecular weight is 500 g/mol. The molecule has 34 heavy (non-hydrogen) atoms. The molecule has 0 fully saturated rings. The molecule has 0 aliphatic carbocycles. The van der Waals surface area contributed by atoms with Crippen LogP contribution in [0.3, 0.4) is 0 Å². The van der Waals surface area contributed by atoms with E-state index in [1.165, 1.54) is 12.5 Å². The summed E-state index contributed by atoms with van der Waals surface area (Å²) < 4.78 is 0. The monoisotopic (exact) mass is 499 g/mol. The maximum absolute atomic E-state index is 13.1. The summed E-state index contributed by atoms with van der Waals surface area (Å²) in [7, 11) is 0. The van der Waals surface area contributed by atoms with Crippen molar-refractivity contribution >= 4 is 42.2 Å². The SMILES string of the molecule is CCC(C)C(NC(=O)C(N)CS)C(=O)NC(Cc1cnc[nH]1)C(=O)NC(CCC(N)=O)C(=O)O. The maximum Gasteiger partial charge on any atom is 0.326 e. The molecule has 13 nitrogen and oxygen atoms in total. The fourth-order valence-corrected chi connectivity index (χ4v) is 3.11. The number of nitrogens with one attached hydrogen (secondary N) is 4. The summed E-state index contributed by atoms with van der Waals surface area (Å²) in [6, 6.07) is -4.51. The number of carbonyl (C=O) groups excluding carboxylic acids is 4. The van der Waals surface area contributed by atoms with Gasteiger partial charge in [-0.3, -0.25) is 19.2 Å². The van der Waals surface area contributed by atoms with Crippen LogP contribution in [0.15, 0.2) is 12.5 Å². The molecule has 0 radical (unpaired) electrons. The smallest absolute Gasteiger partial charge is 0.326 e. The Morgan fingerprint density at radius 1 is 1.12 bits per heavy atom. The molecule has 1 aromatic heterocycles. The Morgan fingerprint density at radius 2 is 1.76 bits per heavy atom. The lowest BCUT2D eigenvalue weighted by molar-refractivity contribution is -0.142. The normalized spacial score (nSPS) is 15.3. The van der Waals surface area contributed by atoms with Gasteiger partial charge in [-0.05, 0) is 12.3 Å². The largest absolute Gasteiger partial charge is 0.480 e. The van der Waals surface area contributed by atoms with Crippen molar-refractivity contribution in [1.29, 1.82) is 0 Å². The first kappa shape index (κ1) is 28.9. The molecule has 5 unspecified atom stereocenters. The van der Waals surface area contributed by atoms with Crippen molar-refractivity contribution in [3.63, 3.8) is 0 Å². The Morgan fingerprint density at radius 3 is 2.26 bits per heavy atom. The van der Waals surface area contributed by atoms with Gasteiger partial charge in [-0.15, -0.1) is 0 Å².